The van der Waals surface area contributed by atoms with Crippen LogP contribution in [0, 0.1) is 11.8 Å². The molecule has 2 rings (SSSR count). The van der Waals surface area contributed by atoms with Gasteiger partial charge in [-0.1, -0.05) is 0 Å². The third-order valence-electron chi connectivity index (χ3n) is 4.33. The van der Waals surface area contributed by atoms with Crippen LogP contribution in [0.5, 0.6) is 0 Å². The molecule has 21 heavy (non-hydrogen) atoms. The molecule has 1 aliphatic carbocycles. The third-order valence-corrected chi connectivity index (χ3v) is 4.33. The summed E-state index contributed by atoms with van der Waals surface area (Å²) >= 11 is 0. The van der Waals surface area contributed by atoms with E-state index in [1.807, 2.05) is 0 Å². The Kier molecular flexibility index (Phi) is 5.55. The average Bonchev–Trinajstić information content (AvgIpc) is 2.53. The fourth-order valence-corrected chi connectivity index (χ4v) is 2.94. The van der Waals surface area contributed by atoms with Crippen molar-refractivity contribution in [1.82, 2.24) is 15.5 Å². The zero-order valence-corrected chi connectivity index (χ0v) is 12.1. The molecule has 1 aliphatic heterocycles. The minimum Gasteiger partial charge on any atom is -0.481 e. The molecule has 2 amide bonds. The Morgan fingerprint density at radius 1 is 1.05 bits per heavy atom. The largest absolute Gasteiger partial charge is 0.481 e. The first-order valence-electron chi connectivity index (χ1n) is 7.57. The second kappa shape index (κ2) is 7.40. The van der Waals surface area contributed by atoms with Gasteiger partial charge in [0.2, 0.25) is 11.8 Å². The molecular formula is C14H23N3O4. The number of piperazine rings is 1. The molecule has 0 unspecified atom stereocenters. The third kappa shape index (κ3) is 4.42. The van der Waals surface area contributed by atoms with E-state index in [1.54, 1.807) is 4.90 Å². The Bertz CT molecular complexity index is 399. The van der Waals surface area contributed by atoms with Crippen molar-refractivity contribution in [3.05, 3.63) is 0 Å². The van der Waals surface area contributed by atoms with Crippen LogP contribution in [0.3, 0.4) is 0 Å². The maximum absolute atomic E-state index is 12.0. The zero-order valence-electron chi connectivity index (χ0n) is 12.1. The average molecular weight is 297 g/mol. The lowest BCUT2D eigenvalue weighted by atomic mass is 9.81. The fourth-order valence-electron chi connectivity index (χ4n) is 2.94. The first-order chi connectivity index (χ1) is 10.1. The molecule has 0 spiro atoms. The maximum Gasteiger partial charge on any atom is 0.306 e. The predicted molar refractivity (Wildman–Crippen MR) is 75.5 cm³/mol. The van der Waals surface area contributed by atoms with Gasteiger partial charge in [-0.25, -0.2) is 0 Å². The van der Waals surface area contributed by atoms with E-state index in [0.717, 1.165) is 13.1 Å². The van der Waals surface area contributed by atoms with Crippen molar-refractivity contribution in [3.63, 3.8) is 0 Å². The van der Waals surface area contributed by atoms with Gasteiger partial charge in [0, 0.05) is 32.1 Å². The van der Waals surface area contributed by atoms with Crippen LogP contribution in [-0.2, 0) is 14.4 Å². The molecule has 2 fully saturated rings. The zero-order chi connectivity index (χ0) is 15.2. The van der Waals surface area contributed by atoms with E-state index in [4.69, 9.17) is 5.11 Å². The van der Waals surface area contributed by atoms with Gasteiger partial charge < -0.3 is 20.6 Å². The highest BCUT2D eigenvalue weighted by molar-refractivity contribution is 5.86. The van der Waals surface area contributed by atoms with Crippen LogP contribution in [0.25, 0.3) is 0 Å². The minimum absolute atomic E-state index is 0.0394. The van der Waals surface area contributed by atoms with Gasteiger partial charge in [0.15, 0.2) is 0 Å². The van der Waals surface area contributed by atoms with E-state index in [9.17, 15) is 14.4 Å². The van der Waals surface area contributed by atoms with Crippen molar-refractivity contribution in [3.8, 4) is 0 Å². The van der Waals surface area contributed by atoms with Gasteiger partial charge in [-0.3, -0.25) is 14.4 Å². The van der Waals surface area contributed by atoms with Crippen molar-refractivity contribution in [2.24, 2.45) is 11.8 Å². The molecule has 0 aromatic carbocycles. The summed E-state index contributed by atoms with van der Waals surface area (Å²) in [5, 5.41) is 14.8. The van der Waals surface area contributed by atoms with Gasteiger partial charge in [-0.05, 0) is 25.7 Å². The van der Waals surface area contributed by atoms with Crippen LogP contribution < -0.4 is 10.6 Å². The van der Waals surface area contributed by atoms with Crippen LogP contribution in [-0.4, -0.2) is 60.5 Å². The summed E-state index contributed by atoms with van der Waals surface area (Å²) in [6, 6.07) is 0. The molecule has 118 valence electrons. The molecule has 1 saturated carbocycles. The number of hydrogen-bond acceptors (Lipinski definition) is 4. The lowest BCUT2D eigenvalue weighted by molar-refractivity contribution is -0.144. The van der Waals surface area contributed by atoms with E-state index in [0.29, 0.717) is 38.8 Å². The summed E-state index contributed by atoms with van der Waals surface area (Å²) in [7, 11) is 0. The van der Waals surface area contributed by atoms with Gasteiger partial charge in [-0.15, -0.1) is 0 Å². The molecule has 0 radical (unpaired) electrons. The summed E-state index contributed by atoms with van der Waals surface area (Å²) < 4.78 is 0. The van der Waals surface area contributed by atoms with E-state index in [1.165, 1.54) is 0 Å². The number of hydrogen-bond donors (Lipinski definition) is 3. The van der Waals surface area contributed by atoms with Crippen LogP contribution in [0.1, 0.15) is 25.7 Å². The molecule has 7 nitrogen and oxygen atoms in total. The smallest absolute Gasteiger partial charge is 0.306 e. The Labute approximate surface area is 124 Å². The highest BCUT2D eigenvalue weighted by atomic mass is 16.4. The Morgan fingerprint density at radius 2 is 1.62 bits per heavy atom. The molecule has 1 heterocycles. The number of rotatable bonds is 4. The normalized spacial score (nSPS) is 26.2. The summed E-state index contributed by atoms with van der Waals surface area (Å²) in [5.74, 6) is -1.43. The molecule has 1 saturated heterocycles. The van der Waals surface area contributed by atoms with Crippen LogP contribution in [0.15, 0.2) is 0 Å². The number of nitrogens with zero attached hydrogens (tertiary/aromatic N) is 1. The number of carboxylic acids is 1. The van der Waals surface area contributed by atoms with Crippen LogP contribution >= 0.6 is 0 Å². The van der Waals surface area contributed by atoms with Gasteiger partial charge in [0.1, 0.15) is 0 Å². The predicted octanol–water partition coefficient (Wildman–Crippen LogP) is -0.575. The number of carbonyl (C=O) groups excluding carboxylic acids is 2. The maximum atomic E-state index is 12.0. The van der Waals surface area contributed by atoms with Crippen molar-refractivity contribution in [1.29, 1.82) is 0 Å². The first-order valence-corrected chi connectivity index (χ1v) is 7.57. The minimum atomic E-state index is -0.775. The van der Waals surface area contributed by atoms with E-state index >= 15 is 0 Å². The number of carboxylic acid groups (broad SMARTS) is 1. The lowest BCUT2D eigenvalue weighted by Crippen LogP contribution is -2.50. The molecule has 0 aromatic rings. The van der Waals surface area contributed by atoms with Crippen molar-refractivity contribution < 1.29 is 19.5 Å². The van der Waals surface area contributed by atoms with Crippen molar-refractivity contribution in [2.75, 3.05) is 32.7 Å². The lowest BCUT2D eigenvalue weighted by Gasteiger charge is -2.28. The SMILES string of the molecule is O=C(O)C1CCC(C(=O)NCC(=O)N2CCNCC2)CC1. The second-order valence-electron chi connectivity index (χ2n) is 5.74. The molecule has 2 aliphatic rings. The van der Waals surface area contributed by atoms with E-state index in [2.05, 4.69) is 10.6 Å². The first kappa shape index (κ1) is 15.8. The van der Waals surface area contributed by atoms with Crippen LogP contribution in [0.2, 0.25) is 0 Å². The molecule has 0 aromatic heterocycles. The number of amides is 2. The topological polar surface area (TPSA) is 98.7 Å². The van der Waals surface area contributed by atoms with Gasteiger partial charge in [0.05, 0.1) is 12.5 Å². The van der Waals surface area contributed by atoms with Crippen molar-refractivity contribution in [2.45, 2.75) is 25.7 Å². The Hall–Kier alpha value is -1.63. The molecule has 7 heteroatoms. The molecular weight excluding hydrogens is 274 g/mol. The fraction of sp³-hybridized carbons (Fsp3) is 0.786. The van der Waals surface area contributed by atoms with Gasteiger partial charge in [0.25, 0.3) is 0 Å². The summed E-state index contributed by atoms with van der Waals surface area (Å²) in [6.45, 7) is 2.98. The number of carbonyl (C=O) groups is 3. The van der Waals surface area contributed by atoms with E-state index in [-0.39, 0.29) is 30.2 Å². The summed E-state index contributed by atoms with van der Waals surface area (Å²) in [4.78, 5) is 36.6. The highest BCUT2D eigenvalue weighted by Gasteiger charge is 2.30. The Morgan fingerprint density at radius 3 is 2.19 bits per heavy atom. The molecule has 0 atom stereocenters. The number of nitrogens with one attached hydrogen (secondary N) is 2. The quantitative estimate of drug-likeness (QED) is 0.645. The van der Waals surface area contributed by atoms with Gasteiger partial charge >= 0.3 is 5.97 Å². The van der Waals surface area contributed by atoms with E-state index < -0.39 is 5.97 Å². The number of aliphatic carboxylic acids is 1. The molecule has 0 bridgehead atoms. The van der Waals surface area contributed by atoms with Crippen LogP contribution in [0.4, 0.5) is 0 Å². The Balaban J connectivity index is 1.70. The standard InChI is InChI=1S/C14H23N3O4/c18-12(17-7-5-15-6-8-17)9-16-13(19)10-1-3-11(4-2-10)14(20)21/h10-11,15H,1-9H2,(H,16,19)(H,20,21). The monoisotopic (exact) mass is 297 g/mol. The second-order valence-corrected chi connectivity index (χ2v) is 5.74. The van der Waals surface area contributed by atoms with Gasteiger partial charge in [-0.2, -0.15) is 0 Å². The summed E-state index contributed by atoms with van der Waals surface area (Å²) in [6.07, 6.45) is 2.26. The highest BCUT2D eigenvalue weighted by Crippen LogP contribution is 2.28. The summed E-state index contributed by atoms with van der Waals surface area (Å²) in [5.41, 5.74) is 0. The van der Waals surface area contributed by atoms with Crippen molar-refractivity contribution >= 4 is 17.8 Å². The molecule has 3 N–H and O–H groups in total.